The molecule has 0 bridgehead atoms. The zero-order valence-electron chi connectivity index (χ0n) is 22.4. The average molecular weight is 617 g/mol. The van der Waals surface area contributed by atoms with Gasteiger partial charge in [-0.2, -0.15) is 0 Å². The number of anilines is 1. The van der Waals surface area contributed by atoms with Gasteiger partial charge in [-0.1, -0.05) is 45.8 Å². The van der Waals surface area contributed by atoms with Crippen molar-refractivity contribution in [3.8, 4) is 11.3 Å². The third-order valence-corrected chi connectivity index (χ3v) is 10.2. The third-order valence-electron chi connectivity index (χ3n) is 8.54. The van der Waals surface area contributed by atoms with Crippen molar-refractivity contribution in [1.82, 2.24) is 10.1 Å². The van der Waals surface area contributed by atoms with E-state index in [4.69, 9.17) is 37.2 Å². The highest BCUT2D eigenvalue weighted by Gasteiger charge is 2.42. The van der Waals surface area contributed by atoms with Gasteiger partial charge >= 0.3 is 5.97 Å². The normalized spacial score (nSPS) is 22.0. The Hall–Kier alpha value is -2.72. The van der Waals surface area contributed by atoms with Crippen molar-refractivity contribution in [1.29, 1.82) is 0 Å². The summed E-state index contributed by atoms with van der Waals surface area (Å²) in [6, 6.07) is 8.29. The smallest absolute Gasteiger partial charge is 0.338 e. The predicted octanol–water partition coefficient (Wildman–Crippen LogP) is 7.74. The zero-order valence-corrected chi connectivity index (χ0v) is 24.7. The summed E-state index contributed by atoms with van der Waals surface area (Å²) < 4.78 is 32.1. The fourth-order valence-corrected chi connectivity index (χ4v) is 8.06. The van der Waals surface area contributed by atoms with Crippen LogP contribution in [0.2, 0.25) is 10.0 Å². The van der Waals surface area contributed by atoms with E-state index in [0.29, 0.717) is 68.4 Å². The molecule has 2 aliphatic carbocycles. The lowest BCUT2D eigenvalue weighted by molar-refractivity contribution is 0.0600. The number of methoxy groups -OCH3 is 1. The second-order valence-electron chi connectivity index (χ2n) is 11.3. The minimum atomic E-state index is -0.554. The summed E-state index contributed by atoms with van der Waals surface area (Å²) in [5, 5.41) is 6.25. The number of thiazole rings is 1. The van der Waals surface area contributed by atoms with Crippen molar-refractivity contribution in [2.45, 2.75) is 38.2 Å². The Bertz CT molecular complexity index is 1600. The number of ether oxygens (including phenoxy) is 2. The number of halogens is 3. The van der Waals surface area contributed by atoms with Crippen LogP contribution in [0.4, 0.5) is 9.52 Å². The van der Waals surface area contributed by atoms with Crippen molar-refractivity contribution >= 4 is 55.9 Å². The second-order valence-corrected chi connectivity index (χ2v) is 13.1. The van der Waals surface area contributed by atoms with Gasteiger partial charge in [0.2, 0.25) is 0 Å². The maximum atomic E-state index is 14.7. The van der Waals surface area contributed by atoms with E-state index in [0.717, 1.165) is 55.2 Å². The van der Waals surface area contributed by atoms with Gasteiger partial charge in [0.1, 0.15) is 17.0 Å². The van der Waals surface area contributed by atoms with Gasteiger partial charge in [-0.05, 0) is 67.7 Å². The number of nitrogens with zero attached hydrogens (tertiary/aromatic N) is 3. The number of fused-ring (bicyclic) bond motifs is 2. The number of hydrogen-bond donors (Lipinski definition) is 0. The van der Waals surface area contributed by atoms with E-state index in [-0.39, 0.29) is 5.56 Å². The first-order chi connectivity index (χ1) is 19.9. The van der Waals surface area contributed by atoms with Crippen LogP contribution in [0.1, 0.15) is 53.3 Å². The Morgan fingerprint density at radius 1 is 1.17 bits per heavy atom. The van der Waals surface area contributed by atoms with Gasteiger partial charge in [-0.15, -0.1) is 0 Å². The number of aromatic nitrogens is 2. The average Bonchev–Trinajstić information content (AvgIpc) is 3.24. The molecule has 3 atom stereocenters. The summed E-state index contributed by atoms with van der Waals surface area (Å²) in [5.41, 5.74) is 2.82. The van der Waals surface area contributed by atoms with Gasteiger partial charge in [0.15, 0.2) is 10.9 Å². The highest BCUT2D eigenvalue weighted by molar-refractivity contribution is 7.22. The monoisotopic (exact) mass is 615 g/mol. The summed E-state index contributed by atoms with van der Waals surface area (Å²) >= 11 is 14.4. The fraction of sp³-hybridized carbons (Fsp3) is 0.433. The molecule has 1 saturated heterocycles. The molecule has 7 nitrogen and oxygen atoms in total. The van der Waals surface area contributed by atoms with Crippen LogP contribution in [-0.2, 0) is 16.1 Å². The van der Waals surface area contributed by atoms with Crippen molar-refractivity contribution < 1.29 is 23.2 Å². The molecule has 3 heterocycles. The maximum Gasteiger partial charge on any atom is 0.338 e. The molecule has 7 rings (SSSR count). The van der Waals surface area contributed by atoms with E-state index in [1.54, 1.807) is 6.07 Å². The molecule has 214 valence electrons. The molecule has 3 aliphatic rings. The minimum Gasteiger partial charge on any atom is -0.465 e. The maximum absolute atomic E-state index is 14.7. The fourth-order valence-electron chi connectivity index (χ4n) is 6.44. The number of hydrogen-bond acceptors (Lipinski definition) is 8. The number of esters is 1. The Morgan fingerprint density at radius 3 is 2.59 bits per heavy atom. The lowest BCUT2D eigenvalue weighted by atomic mass is 10.0. The second kappa shape index (κ2) is 10.8. The first-order valence-corrected chi connectivity index (χ1v) is 15.4. The first-order valence-electron chi connectivity index (χ1n) is 13.8. The van der Waals surface area contributed by atoms with E-state index < -0.39 is 11.8 Å². The number of benzene rings is 2. The number of carbonyl (C=O) groups excluding carboxylic acids is 1. The molecule has 4 aromatic rings. The highest BCUT2D eigenvalue weighted by Crippen LogP contribution is 2.47. The third kappa shape index (κ3) is 5.11. The highest BCUT2D eigenvalue weighted by atomic mass is 35.5. The Balaban J connectivity index is 0.990. The van der Waals surface area contributed by atoms with Crippen LogP contribution in [0.25, 0.3) is 21.5 Å². The van der Waals surface area contributed by atoms with E-state index in [9.17, 15) is 9.18 Å². The molecule has 1 aliphatic heterocycles. The molecule has 11 heteroatoms. The van der Waals surface area contributed by atoms with E-state index in [1.165, 1.54) is 24.5 Å². The van der Waals surface area contributed by atoms with Crippen molar-refractivity contribution in [3.63, 3.8) is 0 Å². The molecular weight excluding hydrogens is 588 g/mol. The van der Waals surface area contributed by atoms with Gasteiger partial charge in [0, 0.05) is 36.7 Å². The minimum absolute atomic E-state index is 0.200. The molecule has 0 spiro atoms. The van der Waals surface area contributed by atoms with Crippen LogP contribution in [0.3, 0.4) is 0 Å². The molecule has 0 N–H and O–H groups in total. The van der Waals surface area contributed by atoms with Crippen LogP contribution >= 0.6 is 34.5 Å². The first kappa shape index (κ1) is 27.1. The molecule has 2 aromatic carbocycles. The summed E-state index contributed by atoms with van der Waals surface area (Å²) in [6.45, 7) is 2.85. The molecule has 41 heavy (non-hydrogen) atoms. The van der Waals surface area contributed by atoms with Gasteiger partial charge < -0.3 is 18.9 Å². The summed E-state index contributed by atoms with van der Waals surface area (Å²) in [4.78, 5) is 18.7. The van der Waals surface area contributed by atoms with E-state index in [2.05, 4.69) is 15.0 Å². The topological polar surface area (TPSA) is 77.7 Å². The predicted molar refractivity (Wildman–Crippen MR) is 156 cm³/mol. The summed E-state index contributed by atoms with van der Waals surface area (Å²) in [7, 11) is 1.29. The van der Waals surface area contributed by atoms with E-state index >= 15 is 0 Å². The lowest BCUT2D eigenvalue weighted by Crippen LogP contribution is -2.22. The molecule has 2 saturated carbocycles. The lowest BCUT2D eigenvalue weighted by Gasteiger charge is -2.18. The molecule has 0 radical (unpaired) electrons. The molecule has 3 fully saturated rings. The van der Waals surface area contributed by atoms with Gasteiger partial charge in [-0.3, -0.25) is 0 Å². The van der Waals surface area contributed by atoms with Crippen molar-refractivity contribution in [2.75, 3.05) is 31.7 Å². The molecular formula is C30H28Cl2FN3O4S. The number of carbonyl (C=O) groups is 1. The quantitative estimate of drug-likeness (QED) is 0.188. The van der Waals surface area contributed by atoms with Crippen molar-refractivity contribution in [2.24, 2.45) is 17.8 Å². The standard InChI is InChI=1S/C30H28Cl2FN3O4S/c1-38-29(37)17-9-23(33)27-24(10-17)41-30(34-27)36-11-18-7-15(8-19(18)12-36)13-39-14-20-26(35-40-28(20)16-5-6-16)25-21(31)3-2-4-22(25)32/h2-4,9-10,15-16,18-19H,5-8,11-14H2,1H3/t15-,18+,19-. The summed E-state index contributed by atoms with van der Waals surface area (Å²) in [6.07, 6.45) is 4.34. The van der Waals surface area contributed by atoms with Crippen LogP contribution in [-0.4, -0.2) is 42.9 Å². The Morgan fingerprint density at radius 2 is 1.90 bits per heavy atom. The Labute approximate surface area is 250 Å². The van der Waals surface area contributed by atoms with Gasteiger partial charge in [-0.25, -0.2) is 14.2 Å². The van der Waals surface area contributed by atoms with E-state index in [1.807, 2.05) is 18.2 Å². The SMILES string of the molecule is COC(=O)c1cc(F)c2nc(N3C[C@H]4C[C@H](COCc5c(-c6c(Cl)cccc6Cl)noc5C5CC5)C[C@H]4C3)sc2c1. The van der Waals surface area contributed by atoms with Crippen LogP contribution in [0.5, 0.6) is 0 Å². The van der Waals surface area contributed by atoms with Crippen LogP contribution < -0.4 is 4.90 Å². The van der Waals surface area contributed by atoms with Gasteiger partial charge in [0.05, 0.1) is 34.0 Å². The largest absolute Gasteiger partial charge is 0.465 e. The Kier molecular flexibility index (Phi) is 7.17. The van der Waals surface area contributed by atoms with Gasteiger partial charge in [0.25, 0.3) is 0 Å². The van der Waals surface area contributed by atoms with Crippen LogP contribution in [0, 0.1) is 23.6 Å². The zero-order chi connectivity index (χ0) is 28.2. The molecule has 0 amide bonds. The van der Waals surface area contributed by atoms with Crippen molar-refractivity contribution in [3.05, 3.63) is 63.1 Å². The molecule has 0 unspecified atom stereocenters. The van der Waals surface area contributed by atoms with Crippen LogP contribution in [0.15, 0.2) is 34.9 Å². The molecule has 2 aromatic heterocycles. The number of rotatable bonds is 8. The summed E-state index contributed by atoms with van der Waals surface area (Å²) in [5.74, 6) is 1.78.